The van der Waals surface area contributed by atoms with Crippen molar-refractivity contribution in [1.82, 2.24) is 9.55 Å². The monoisotopic (exact) mass is 360 g/mol. The maximum atomic E-state index is 14.5. The van der Waals surface area contributed by atoms with E-state index < -0.39 is 49.7 Å². The fraction of sp³-hybridized carbons (Fsp3) is 0.733. The Morgan fingerprint density at radius 2 is 1.96 bits per heavy atom. The van der Waals surface area contributed by atoms with Crippen LogP contribution in [0.1, 0.15) is 27.0 Å². The second-order valence-electron chi connectivity index (χ2n) is 7.86. The van der Waals surface area contributed by atoms with Gasteiger partial charge in [0.1, 0.15) is 12.2 Å². The van der Waals surface area contributed by atoms with Crippen LogP contribution >= 0.6 is 0 Å². The molecule has 9 heteroatoms. The molecule has 0 saturated carbocycles. The minimum absolute atomic E-state index is 0.200. The molecule has 3 N–H and O–H groups in total. The van der Waals surface area contributed by atoms with Crippen LogP contribution in [0.2, 0.25) is 18.1 Å². The smallest absolute Gasteiger partial charge is 0.330 e. The van der Waals surface area contributed by atoms with E-state index in [1.54, 1.807) is 0 Å². The number of aliphatic hydroxyl groups is 2. The fourth-order valence-corrected chi connectivity index (χ4v) is 4.61. The highest BCUT2D eigenvalue weighted by Crippen LogP contribution is 2.42. The summed E-state index contributed by atoms with van der Waals surface area (Å²) in [5.74, 6) is 0. The number of hydrogen-bond donors (Lipinski definition) is 3. The van der Waals surface area contributed by atoms with Crippen LogP contribution in [-0.4, -0.2) is 51.9 Å². The zero-order valence-corrected chi connectivity index (χ0v) is 15.5. The van der Waals surface area contributed by atoms with Gasteiger partial charge in [0, 0.05) is 12.3 Å². The number of H-pyrrole nitrogens is 1. The molecular formula is C15H25FN2O5Si. The van der Waals surface area contributed by atoms with E-state index >= 15 is 0 Å². The van der Waals surface area contributed by atoms with Crippen molar-refractivity contribution >= 4 is 8.07 Å². The molecule has 0 aromatic carbocycles. The van der Waals surface area contributed by atoms with Crippen molar-refractivity contribution in [2.75, 3.05) is 0 Å². The first-order chi connectivity index (χ1) is 10.9. The molecule has 7 nitrogen and oxygen atoms in total. The quantitative estimate of drug-likeness (QED) is 0.683. The normalized spacial score (nSPS) is 29.7. The standard InChI is InChI=1S/C15H25FN2O5Si/c1-15(2,3)24(4,5)13(21)11-10(20)9(16)12(23-11)18-7-6-8(19)17-14(18)22/h6-7,9-13,20-21H,1-5H3,(H,17,19,22)/t9-,10+,11+,12-,13?/m1/s1. The molecule has 0 bridgehead atoms. The number of hydrogen-bond acceptors (Lipinski definition) is 5. The molecule has 1 unspecified atom stereocenters. The molecule has 1 fully saturated rings. The number of nitrogens with zero attached hydrogens (tertiary/aromatic N) is 1. The summed E-state index contributed by atoms with van der Waals surface area (Å²) >= 11 is 0. The lowest BCUT2D eigenvalue weighted by molar-refractivity contribution is -0.0648. The van der Waals surface area contributed by atoms with Crippen LogP contribution in [0.3, 0.4) is 0 Å². The third-order valence-corrected chi connectivity index (χ3v) is 11.0. The second kappa shape index (κ2) is 6.21. The van der Waals surface area contributed by atoms with E-state index in [4.69, 9.17) is 4.74 Å². The van der Waals surface area contributed by atoms with Crippen molar-refractivity contribution in [1.29, 1.82) is 0 Å². The molecule has 24 heavy (non-hydrogen) atoms. The Bertz CT molecular complexity index is 711. The fourth-order valence-electron chi connectivity index (χ4n) is 2.63. The van der Waals surface area contributed by atoms with Gasteiger partial charge in [-0.05, 0) is 5.04 Å². The molecule has 1 aromatic heterocycles. The first-order valence-electron chi connectivity index (χ1n) is 7.85. The summed E-state index contributed by atoms with van der Waals surface area (Å²) < 4.78 is 20.9. The summed E-state index contributed by atoms with van der Waals surface area (Å²) in [4.78, 5) is 25.0. The summed E-state index contributed by atoms with van der Waals surface area (Å²) in [5, 5.41) is 20.8. The van der Waals surface area contributed by atoms with Gasteiger partial charge in [-0.15, -0.1) is 0 Å². The third kappa shape index (κ3) is 3.13. The van der Waals surface area contributed by atoms with E-state index in [1.165, 1.54) is 0 Å². The van der Waals surface area contributed by atoms with Gasteiger partial charge < -0.3 is 14.9 Å². The van der Waals surface area contributed by atoms with Gasteiger partial charge in [0.05, 0.1) is 13.8 Å². The Labute approximate surface area is 140 Å². The Kier molecular flexibility index (Phi) is 4.93. The predicted molar refractivity (Wildman–Crippen MR) is 89.3 cm³/mol. The number of nitrogens with one attached hydrogen (secondary N) is 1. The van der Waals surface area contributed by atoms with E-state index in [1.807, 2.05) is 38.8 Å². The maximum absolute atomic E-state index is 14.5. The van der Waals surface area contributed by atoms with Gasteiger partial charge in [-0.25, -0.2) is 9.18 Å². The molecule has 0 spiro atoms. The first kappa shape index (κ1) is 19.0. The molecule has 136 valence electrons. The number of halogens is 1. The summed E-state index contributed by atoms with van der Waals surface area (Å²) in [5.41, 5.74) is -2.46. The predicted octanol–water partition coefficient (Wildman–Crippen LogP) is 0.542. The molecule has 2 heterocycles. The lowest BCUT2D eigenvalue weighted by Crippen LogP contribution is -2.57. The Morgan fingerprint density at radius 3 is 2.46 bits per heavy atom. The number of alkyl halides is 1. The lowest BCUT2D eigenvalue weighted by Gasteiger charge is -2.43. The van der Waals surface area contributed by atoms with Crippen LogP contribution in [0.15, 0.2) is 21.9 Å². The number of aliphatic hydroxyl groups excluding tert-OH is 2. The van der Waals surface area contributed by atoms with E-state index in [0.717, 1.165) is 16.8 Å². The molecule has 0 radical (unpaired) electrons. The van der Waals surface area contributed by atoms with Crippen molar-refractivity contribution in [3.05, 3.63) is 33.1 Å². The average molecular weight is 360 g/mol. The first-order valence-corrected chi connectivity index (χ1v) is 10.9. The molecule has 0 aliphatic carbocycles. The van der Waals surface area contributed by atoms with Crippen LogP contribution in [0.5, 0.6) is 0 Å². The van der Waals surface area contributed by atoms with Gasteiger partial charge in [0.2, 0.25) is 0 Å². The van der Waals surface area contributed by atoms with Gasteiger partial charge in [-0.2, -0.15) is 0 Å². The van der Waals surface area contributed by atoms with E-state index in [9.17, 15) is 24.2 Å². The third-order valence-electron chi connectivity index (χ3n) is 5.34. The van der Waals surface area contributed by atoms with Gasteiger partial charge in [-0.3, -0.25) is 14.3 Å². The van der Waals surface area contributed by atoms with Gasteiger partial charge in [0.15, 0.2) is 12.4 Å². The lowest BCUT2D eigenvalue weighted by atomic mass is 10.1. The second-order valence-corrected chi connectivity index (χ2v) is 13.4. The van der Waals surface area contributed by atoms with Crippen LogP contribution < -0.4 is 11.2 Å². The van der Waals surface area contributed by atoms with Crippen LogP contribution in [0.4, 0.5) is 4.39 Å². The molecule has 5 atom stereocenters. The zero-order chi connectivity index (χ0) is 18.4. The van der Waals surface area contributed by atoms with Crippen molar-refractivity contribution in [2.24, 2.45) is 0 Å². The van der Waals surface area contributed by atoms with Crippen LogP contribution in [0, 0.1) is 0 Å². The van der Waals surface area contributed by atoms with Crippen LogP contribution in [-0.2, 0) is 4.74 Å². The summed E-state index contributed by atoms with van der Waals surface area (Å²) in [6.45, 7) is 9.85. The largest absolute Gasteiger partial charge is 0.394 e. The van der Waals surface area contributed by atoms with Gasteiger partial charge in [-0.1, -0.05) is 33.9 Å². The molecule has 2 rings (SSSR count). The zero-order valence-electron chi connectivity index (χ0n) is 14.5. The maximum Gasteiger partial charge on any atom is 0.330 e. The Morgan fingerprint density at radius 1 is 1.38 bits per heavy atom. The topological polar surface area (TPSA) is 105 Å². The Balaban J connectivity index is 2.33. The highest BCUT2D eigenvalue weighted by Gasteiger charge is 2.54. The van der Waals surface area contributed by atoms with E-state index in [2.05, 4.69) is 0 Å². The highest BCUT2D eigenvalue weighted by molar-refractivity contribution is 6.81. The molecule has 0 amide bonds. The number of aromatic amines is 1. The van der Waals surface area contributed by atoms with Crippen molar-refractivity contribution in [3.63, 3.8) is 0 Å². The molecular weight excluding hydrogens is 335 g/mol. The minimum atomic E-state index is -2.34. The summed E-state index contributed by atoms with van der Waals surface area (Å²) in [7, 11) is -2.34. The number of aromatic nitrogens is 2. The summed E-state index contributed by atoms with van der Waals surface area (Å²) in [6, 6.07) is 1.07. The molecule has 1 saturated heterocycles. The van der Waals surface area contributed by atoms with E-state index in [0.29, 0.717) is 0 Å². The van der Waals surface area contributed by atoms with Crippen molar-refractivity contribution in [2.45, 2.75) is 69.2 Å². The molecule has 1 aliphatic heterocycles. The molecule has 1 aromatic rings. The van der Waals surface area contributed by atoms with Gasteiger partial charge >= 0.3 is 5.69 Å². The minimum Gasteiger partial charge on any atom is -0.394 e. The van der Waals surface area contributed by atoms with E-state index in [-0.39, 0.29) is 5.04 Å². The summed E-state index contributed by atoms with van der Waals surface area (Å²) in [6.07, 6.45) is -4.86. The van der Waals surface area contributed by atoms with Crippen LogP contribution in [0.25, 0.3) is 0 Å². The highest BCUT2D eigenvalue weighted by atomic mass is 28.3. The van der Waals surface area contributed by atoms with Gasteiger partial charge in [0.25, 0.3) is 5.56 Å². The SMILES string of the molecule is CC(C)(C)[Si](C)(C)C(O)[C@H]1O[C@@H](n2ccc(=O)[nH]c2=O)[C@H](F)[C@@H]1O. The average Bonchev–Trinajstić information content (AvgIpc) is 2.73. The van der Waals surface area contributed by atoms with Crippen molar-refractivity contribution in [3.8, 4) is 0 Å². The molecule has 1 aliphatic rings. The number of ether oxygens (including phenoxy) is 1. The van der Waals surface area contributed by atoms with Crippen molar-refractivity contribution < 1.29 is 19.3 Å². The Hall–Kier alpha value is -1.29. The number of rotatable bonds is 3.